The first kappa shape index (κ1) is 15.8. The van der Waals surface area contributed by atoms with Gasteiger partial charge in [-0.05, 0) is 6.92 Å². The summed E-state index contributed by atoms with van der Waals surface area (Å²) < 4.78 is 7.14. The van der Waals surface area contributed by atoms with Gasteiger partial charge in [0.05, 0.1) is 11.9 Å². The molecular formula is C12H18N4O4S. The van der Waals surface area contributed by atoms with E-state index in [2.05, 4.69) is 4.98 Å². The van der Waals surface area contributed by atoms with Crippen molar-refractivity contribution in [2.24, 2.45) is 5.73 Å². The van der Waals surface area contributed by atoms with Crippen LogP contribution in [0.2, 0.25) is 0 Å². The number of ether oxygens (including phenoxy) is 1. The SMILES string of the molecule is Cc1cn([C@H]2C[C@H](N)[C@@H](CSCC(=O)O)O2)c(=O)nc1N. The Labute approximate surface area is 125 Å². The van der Waals surface area contributed by atoms with Gasteiger partial charge in [-0.15, -0.1) is 11.8 Å². The summed E-state index contributed by atoms with van der Waals surface area (Å²) in [6.07, 6.45) is 1.30. The molecular weight excluding hydrogens is 296 g/mol. The summed E-state index contributed by atoms with van der Waals surface area (Å²) >= 11 is 1.24. The number of aryl methyl sites for hydroxylation is 1. The van der Waals surface area contributed by atoms with E-state index in [-0.39, 0.29) is 23.7 Å². The third kappa shape index (κ3) is 3.74. The first-order valence-corrected chi connectivity index (χ1v) is 7.59. The van der Waals surface area contributed by atoms with Crippen molar-refractivity contribution in [3.05, 3.63) is 22.2 Å². The van der Waals surface area contributed by atoms with Gasteiger partial charge in [0.25, 0.3) is 0 Å². The largest absolute Gasteiger partial charge is 0.481 e. The van der Waals surface area contributed by atoms with Crippen LogP contribution in [0.15, 0.2) is 11.0 Å². The number of aliphatic carboxylic acids is 1. The maximum absolute atomic E-state index is 11.9. The predicted octanol–water partition coefficient (Wildman–Crippen LogP) is -0.433. The van der Waals surface area contributed by atoms with Gasteiger partial charge in [0.2, 0.25) is 0 Å². The molecule has 1 aliphatic rings. The average Bonchev–Trinajstić information content (AvgIpc) is 2.75. The number of nitrogen functional groups attached to an aromatic ring is 1. The number of nitrogens with two attached hydrogens (primary N) is 2. The normalized spacial score (nSPS) is 25.1. The lowest BCUT2D eigenvalue weighted by atomic mass is 10.1. The van der Waals surface area contributed by atoms with E-state index < -0.39 is 17.9 Å². The van der Waals surface area contributed by atoms with Crippen molar-refractivity contribution in [1.29, 1.82) is 0 Å². The van der Waals surface area contributed by atoms with Crippen molar-refractivity contribution in [3.8, 4) is 0 Å². The van der Waals surface area contributed by atoms with Crippen LogP contribution < -0.4 is 17.2 Å². The molecule has 8 nitrogen and oxygen atoms in total. The van der Waals surface area contributed by atoms with Crippen LogP contribution in [0, 0.1) is 6.92 Å². The van der Waals surface area contributed by atoms with E-state index in [1.807, 2.05) is 0 Å². The zero-order valence-electron chi connectivity index (χ0n) is 11.6. The summed E-state index contributed by atoms with van der Waals surface area (Å²) in [6, 6.07) is -0.249. The van der Waals surface area contributed by atoms with Crippen LogP contribution in [-0.4, -0.2) is 44.3 Å². The highest BCUT2D eigenvalue weighted by molar-refractivity contribution is 7.99. The first-order chi connectivity index (χ1) is 9.88. The third-order valence-corrected chi connectivity index (χ3v) is 4.29. The van der Waals surface area contributed by atoms with Crippen molar-refractivity contribution >= 4 is 23.5 Å². The fraction of sp³-hybridized carbons (Fsp3) is 0.583. The van der Waals surface area contributed by atoms with Crippen molar-refractivity contribution in [1.82, 2.24) is 9.55 Å². The quantitative estimate of drug-likeness (QED) is 0.666. The van der Waals surface area contributed by atoms with Crippen LogP contribution in [0.5, 0.6) is 0 Å². The maximum atomic E-state index is 11.9. The first-order valence-electron chi connectivity index (χ1n) is 6.44. The number of carboxylic acids is 1. The summed E-state index contributed by atoms with van der Waals surface area (Å²) in [7, 11) is 0. The number of nitrogens with zero attached hydrogens (tertiary/aromatic N) is 2. The molecule has 0 aliphatic carbocycles. The monoisotopic (exact) mass is 314 g/mol. The van der Waals surface area contributed by atoms with E-state index in [9.17, 15) is 9.59 Å². The van der Waals surface area contributed by atoms with E-state index in [4.69, 9.17) is 21.3 Å². The van der Waals surface area contributed by atoms with Crippen molar-refractivity contribution in [2.75, 3.05) is 17.2 Å². The Balaban J connectivity index is 2.05. The Kier molecular flexibility index (Phi) is 4.86. The molecule has 1 aliphatic heterocycles. The van der Waals surface area contributed by atoms with Gasteiger partial charge in [0, 0.05) is 30.0 Å². The molecule has 1 fully saturated rings. The number of rotatable bonds is 5. The van der Waals surface area contributed by atoms with Crippen LogP contribution >= 0.6 is 11.8 Å². The number of carboxylic acid groups (broad SMARTS) is 1. The summed E-state index contributed by atoms with van der Waals surface area (Å²) in [5.41, 5.74) is 11.8. The second-order valence-corrected chi connectivity index (χ2v) is 5.97. The number of thioether (sulfide) groups is 1. The molecule has 1 saturated heterocycles. The molecule has 21 heavy (non-hydrogen) atoms. The zero-order chi connectivity index (χ0) is 15.6. The number of carbonyl (C=O) groups is 1. The summed E-state index contributed by atoms with van der Waals surface area (Å²) in [5, 5.41) is 8.62. The molecule has 0 bridgehead atoms. The van der Waals surface area contributed by atoms with Crippen LogP contribution in [0.4, 0.5) is 5.82 Å². The van der Waals surface area contributed by atoms with Gasteiger partial charge in [-0.3, -0.25) is 9.36 Å². The molecule has 2 rings (SSSR count). The molecule has 116 valence electrons. The minimum Gasteiger partial charge on any atom is -0.481 e. The Bertz CT molecular complexity index is 591. The average molecular weight is 314 g/mol. The van der Waals surface area contributed by atoms with E-state index in [0.717, 1.165) is 0 Å². The lowest BCUT2D eigenvalue weighted by Gasteiger charge is -2.16. The highest BCUT2D eigenvalue weighted by Crippen LogP contribution is 2.28. The van der Waals surface area contributed by atoms with Crippen LogP contribution in [0.1, 0.15) is 18.2 Å². The highest BCUT2D eigenvalue weighted by atomic mass is 32.2. The van der Waals surface area contributed by atoms with Gasteiger partial charge in [-0.2, -0.15) is 4.98 Å². The Hall–Kier alpha value is -1.58. The Morgan fingerprint density at radius 2 is 2.38 bits per heavy atom. The molecule has 0 aromatic carbocycles. The zero-order valence-corrected chi connectivity index (χ0v) is 12.4. The molecule has 1 aromatic heterocycles. The molecule has 5 N–H and O–H groups in total. The van der Waals surface area contributed by atoms with E-state index in [1.165, 1.54) is 16.3 Å². The topological polar surface area (TPSA) is 133 Å². The fourth-order valence-corrected chi connectivity index (χ4v) is 2.98. The highest BCUT2D eigenvalue weighted by Gasteiger charge is 2.34. The van der Waals surface area contributed by atoms with Crippen molar-refractivity contribution < 1.29 is 14.6 Å². The van der Waals surface area contributed by atoms with Crippen LogP contribution in [-0.2, 0) is 9.53 Å². The summed E-state index contributed by atoms with van der Waals surface area (Å²) in [4.78, 5) is 26.1. The summed E-state index contributed by atoms with van der Waals surface area (Å²) in [6.45, 7) is 1.76. The lowest BCUT2D eigenvalue weighted by molar-refractivity contribution is -0.133. The maximum Gasteiger partial charge on any atom is 0.351 e. The van der Waals surface area contributed by atoms with Crippen molar-refractivity contribution in [2.45, 2.75) is 31.7 Å². The number of anilines is 1. The van der Waals surface area contributed by atoms with Gasteiger partial charge in [-0.1, -0.05) is 0 Å². The second-order valence-electron chi connectivity index (χ2n) is 4.94. The lowest BCUT2D eigenvalue weighted by Crippen LogP contribution is -2.32. The van der Waals surface area contributed by atoms with Gasteiger partial charge < -0.3 is 21.3 Å². The fourth-order valence-electron chi connectivity index (χ4n) is 2.13. The molecule has 2 heterocycles. The third-order valence-electron chi connectivity index (χ3n) is 3.27. The smallest absolute Gasteiger partial charge is 0.351 e. The number of hydrogen-bond acceptors (Lipinski definition) is 7. The molecule has 0 spiro atoms. The van der Waals surface area contributed by atoms with Gasteiger partial charge >= 0.3 is 11.7 Å². The molecule has 9 heteroatoms. The van der Waals surface area contributed by atoms with Gasteiger partial charge in [-0.25, -0.2) is 4.79 Å². The minimum atomic E-state index is -0.877. The minimum absolute atomic E-state index is 0.000269. The molecule has 0 amide bonds. The Morgan fingerprint density at radius 3 is 3.05 bits per heavy atom. The van der Waals surface area contributed by atoms with Crippen molar-refractivity contribution in [3.63, 3.8) is 0 Å². The standard InChI is InChI=1S/C12H18N4O4S/c1-6-3-16(12(19)15-11(6)14)9-2-7(13)8(20-9)4-21-5-10(17)18/h3,7-9H,2,4-5,13H2,1H3,(H,17,18)(H2,14,15,19)/t7-,8+,9+/m0/s1. The number of aromatic nitrogens is 2. The second kappa shape index (κ2) is 6.46. The molecule has 0 saturated carbocycles. The van der Waals surface area contributed by atoms with Crippen LogP contribution in [0.3, 0.4) is 0 Å². The van der Waals surface area contributed by atoms with E-state index in [0.29, 0.717) is 17.7 Å². The van der Waals surface area contributed by atoms with E-state index in [1.54, 1.807) is 13.1 Å². The van der Waals surface area contributed by atoms with E-state index >= 15 is 0 Å². The molecule has 0 radical (unpaired) electrons. The predicted molar refractivity (Wildman–Crippen MR) is 79.1 cm³/mol. The molecule has 1 aromatic rings. The van der Waals surface area contributed by atoms with Gasteiger partial charge in [0.1, 0.15) is 12.0 Å². The Morgan fingerprint density at radius 1 is 1.67 bits per heavy atom. The molecule has 0 unspecified atom stereocenters. The number of hydrogen-bond donors (Lipinski definition) is 3. The summed E-state index contributed by atoms with van der Waals surface area (Å²) in [5.74, 6) is -0.204. The molecule has 3 atom stereocenters. The van der Waals surface area contributed by atoms with Crippen LogP contribution in [0.25, 0.3) is 0 Å². The van der Waals surface area contributed by atoms with Gasteiger partial charge in [0.15, 0.2) is 0 Å².